The van der Waals surface area contributed by atoms with E-state index in [4.69, 9.17) is 10.2 Å². The molecular formula is C12H12F2N2O3S. The minimum Gasteiger partial charge on any atom is -0.472 e. The molecular weight excluding hydrogens is 290 g/mol. The van der Waals surface area contributed by atoms with Crippen molar-refractivity contribution in [3.05, 3.63) is 53.5 Å². The molecule has 0 bridgehead atoms. The van der Waals surface area contributed by atoms with Gasteiger partial charge in [0.1, 0.15) is 10.7 Å². The van der Waals surface area contributed by atoms with Crippen molar-refractivity contribution in [2.45, 2.75) is 18.0 Å². The zero-order valence-corrected chi connectivity index (χ0v) is 11.1. The minimum atomic E-state index is -4.11. The smallest absolute Gasteiger partial charge is 0.243 e. The number of halogens is 2. The van der Waals surface area contributed by atoms with E-state index in [1.54, 1.807) is 6.07 Å². The number of hydrogen-bond acceptors (Lipinski definition) is 4. The summed E-state index contributed by atoms with van der Waals surface area (Å²) < 4.78 is 58.2. The zero-order valence-electron chi connectivity index (χ0n) is 10.3. The normalized spacial score (nSPS) is 11.8. The standard InChI is InChI=1S/C12H12F2N2O3S/c13-10-1-2-11(12(14)9(10)5-15)20(17,18)16-6-8-3-4-19-7-8/h1-4,7,16H,5-6,15H2. The molecule has 0 saturated carbocycles. The van der Waals surface area contributed by atoms with Crippen LogP contribution in [0.4, 0.5) is 8.78 Å². The van der Waals surface area contributed by atoms with Gasteiger partial charge in [0.15, 0.2) is 5.82 Å². The molecule has 3 N–H and O–H groups in total. The summed E-state index contributed by atoms with van der Waals surface area (Å²) in [6, 6.07) is 3.30. The predicted molar refractivity (Wildman–Crippen MR) is 67.0 cm³/mol. The highest BCUT2D eigenvalue weighted by molar-refractivity contribution is 7.89. The molecule has 0 aliphatic heterocycles. The summed E-state index contributed by atoms with van der Waals surface area (Å²) in [7, 11) is -4.11. The Hall–Kier alpha value is -1.77. The van der Waals surface area contributed by atoms with Crippen molar-refractivity contribution in [2.75, 3.05) is 0 Å². The number of furan rings is 1. The Labute approximate surface area is 114 Å². The third-order valence-electron chi connectivity index (χ3n) is 2.69. The van der Waals surface area contributed by atoms with E-state index < -0.39 is 38.7 Å². The summed E-state index contributed by atoms with van der Waals surface area (Å²) in [5, 5.41) is 0. The first kappa shape index (κ1) is 14.6. The van der Waals surface area contributed by atoms with Crippen LogP contribution in [0.15, 0.2) is 40.0 Å². The molecule has 5 nitrogen and oxygen atoms in total. The number of nitrogens with one attached hydrogen (secondary N) is 1. The number of hydrogen-bond donors (Lipinski definition) is 2. The number of rotatable bonds is 5. The van der Waals surface area contributed by atoms with Gasteiger partial charge in [0.05, 0.1) is 12.5 Å². The van der Waals surface area contributed by atoms with Gasteiger partial charge in [-0.25, -0.2) is 21.9 Å². The van der Waals surface area contributed by atoms with Crippen LogP contribution in [0.1, 0.15) is 11.1 Å². The molecule has 1 aromatic heterocycles. The Morgan fingerprint density at radius 2 is 2.00 bits per heavy atom. The quantitative estimate of drug-likeness (QED) is 0.876. The highest BCUT2D eigenvalue weighted by Gasteiger charge is 2.22. The van der Waals surface area contributed by atoms with E-state index in [-0.39, 0.29) is 6.54 Å². The molecule has 108 valence electrons. The van der Waals surface area contributed by atoms with Crippen LogP contribution in [0.3, 0.4) is 0 Å². The van der Waals surface area contributed by atoms with Crippen molar-refractivity contribution in [1.82, 2.24) is 4.72 Å². The lowest BCUT2D eigenvalue weighted by Crippen LogP contribution is -2.25. The minimum absolute atomic E-state index is 0.0619. The number of sulfonamides is 1. The first-order valence-electron chi connectivity index (χ1n) is 5.63. The summed E-state index contributed by atoms with van der Waals surface area (Å²) >= 11 is 0. The molecule has 8 heteroatoms. The molecule has 1 aromatic carbocycles. The highest BCUT2D eigenvalue weighted by Crippen LogP contribution is 2.20. The second kappa shape index (κ2) is 5.70. The predicted octanol–water partition coefficient (Wildman–Crippen LogP) is 1.49. The van der Waals surface area contributed by atoms with Crippen LogP contribution in [0.5, 0.6) is 0 Å². The van der Waals surface area contributed by atoms with Crippen molar-refractivity contribution in [1.29, 1.82) is 0 Å². The monoisotopic (exact) mass is 302 g/mol. The van der Waals surface area contributed by atoms with E-state index in [1.807, 2.05) is 0 Å². The van der Waals surface area contributed by atoms with Gasteiger partial charge in [0.25, 0.3) is 0 Å². The van der Waals surface area contributed by atoms with E-state index >= 15 is 0 Å². The molecule has 2 rings (SSSR count). The van der Waals surface area contributed by atoms with Gasteiger partial charge in [-0.2, -0.15) is 0 Å². The molecule has 0 saturated heterocycles. The second-order valence-electron chi connectivity index (χ2n) is 4.00. The number of nitrogens with two attached hydrogens (primary N) is 1. The average molecular weight is 302 g/mol. The number of benzene rings is 1. The molecule has 1 heterocycles. The molecule has 0 unspecified atom stereocenters. The fourth-order valence-electron chi connectivity index (χ4n) is 1.62. The molecule has 0 atom stereocenters. The second-order valence-corrected chi connectivity index (χ2v) is 5.73. The van der Waals surface area contributed by atoms with E-state index in [9.17, 15) is 17.2 Å². The van der Waals surface area contributed by atoms with Crippen LogP contribution in [0, 0.1) is 11.6 Å². The molecule has 20 heavy (non-hydrogen) atoms. The van der Waals surface area contributed by atoms with Crippen LogP contribution in [-0.2, 0) is 23.1 Å². The first-order valence-corrected chi connectivity index (χ1v) is 7.11. The lowest BCUT2D eigenvalue weighted by molar-refractivity contribution is 0.525. The van der Waals surface area contributed by atoms with Crippen molar-refractivity contribution < 1.29 is 21.6 Å². The van der Waals surface area contributed by atoms with E-state index in [2.05, 4.69) is 4.72 Å². The van der Waals surface area contributed by atoms with Gasteiger partial charge < -0.3 is 10.2 Å². The van der Waals surface area contributed by atoms with Crippen LogP contribution in [-0.4, -0.2) is 8.42 Å². The highest BCUT2D eigenvalue weighted by atomic mass is 32.2. The van der Waals surface area contributed by atoms with Crippen molar-refractivity contribution in [3.8, 4) is 0 Å². The van der Waals surface area contributed by atoms with Gasteiger partial charge in [-0.05, 0) is 18.2 Å². The van der Waals surface area contributed by atoms with Gasteiger partial charge in [-0.15, -0.1) is 0 Å². The Bertz CT molecular complexity index is 700. The Balaban J connectivity index is 2.30. The fraction of sp³-hybridized carbons (Fsp3) is 0.167. The van der Waals surface area contributed by atoms with Gasteiger partial charge in [-0.3, -0.25) is 0 Å². The summed E-state index contributed by atoms with van der Waals surface area (Å²) in [6.07, 6.45) is 2.74. The largest absolute Gasteiger partial charge is 0.472 e. The zero-order chi connectivity index (χ0) is 14.8. The molecule has 0 aliphatic rings. The molecule has 2 aromatic rings. The Kier molecular flexibility index (Phi) is 4.17. The lowest BCUT2D eigenvalue weighted by atomic mass is 10.2. The van der Waals surface area contributed by atoms with E-state index in [0.29, 0.717) is 5.56 Å². The maximum Gasteiger partial charge on any atom is 0.243 e. The summed E-state index contributed by atoms with van der Waals surface area (Å²) in [6.45, 7) is -0.490. The third-order valence-corrected chi connectivity index (χ3v) is 4.11. The summed E-state index contributed by atoms with van der Waals surface area (Å²) in [5.41, 5.74) is 5.32. The van der Waals surface area contributed by atoms with Crippen LogP contribution < -0.4 is 10.5 Å². The summed E-state index contributed by atoms with van der Waals surface area (Å²) in [5.74, 6) is -2.05. The Morgan fingerprint density at radius 1 is 1.25 bits per heavy atom. The van der Waals surface area contributed by atoms with Crippen molar-refractivity contribution >= 4 is 10.0 Å². The average Bonchev–Trinajstić information content (AvgIpc) is 2.90. The van der Waals surface area contributed by atoms with Crippen molar-refractivity contribution in [2.24, 2.45) is 5.73 Å². The van der Waals surface area contributed by atoms with Crippen molar-refractivity contribution in [3.63, 3.8) is 0 Å². The molecule has 0 aliphatic carbocycles. The molecule has 0 fully saturated rings. The molecule has 0 spiro atoms. The molecule has 0 radical (unpaired) electrons. The fourth-order valence-corrected chi connectivity index (χ4v) is 2.74. The first-order chi connectivity index (χ1) is 9.45. The van der Waals surface area contributed by atoms with Gasteiger partial charge in [-0.1, -0.05) is 0 Å². The maximum atomic E-state index is 13.9. The van der Waals surface area contributed by atoms with E-state index in [1.165, 1.54) is 12.5 Å². The third kappa shape index (κ3) is 2.87. The van der Waals surface area contributed by atoms with Crippen LogP contribution in [0.2, 0.25) is 0 Å². The molecule has 0 amide bonds. The Morgan fingerprint density at radius 3 is 2.60 bits per heavy atom. The van der Waals surface area contributed by atoms with Crippen LogP contribution >= 0.6 is 0 Å². The SMILES string of the molecule is NCc1c(F)ccc(S(=O)(=O)NCc2ccoc2)c1F. The topological polar surface area (TPSA) is 85.3 Å². The van der Waals surface area contributed by atoms with Gasteiger partial charge in [0, 0.05) is 24.2 Å². The van der Waals surface area contributed by atoms with Gasteiger partial charge >= 0.3 is 0 Å². The van der Waals surface area contributed by atoms with E-state index in [0.717, 1.165) is 12.1 Å². The maximum absolute atomic E-state index is 13.9. The summed E-state index contributed by atoms with van der Waals surface area (Å²) in [4.78, 5) is -0.636. The van der Waals surface area contributed by atoms with Crippen LogP contribution in [0.25, 0.3) is 0 Å². The van der Waals surface area contributed by atoms with Gasteiger partial charge in [0.2, 0.25) is 10.0 Å². The lowest BCUT2D eigenvalue weighted by Gasteiger charge is -2.09.